The monoisotopic (exact) mass is 294 g/mol. The van der Waals surface area contributed by atoms with Crippen LogP contribution >= 0.6 is 11.8 Å². The second-order valence-corrected chi connectivity index (χ2v) is 5.95. The zero-order chi connectivity index (χ0) is 14.2. The summed E-state index contributed by atoms with van der Waals surface area (Å²) in [6.07, 6.45) is 2.40. The Hall–Kier alpha value is -1.04. The highest BCUT2D eigenvalue weighted by Crippen LogP contribution is 2.22. The molecule has 4 nitrogen and oxygen atoms in total. The summed E-state index contributed by atoms with van der Waals surface area (Å²) in [7, 11) is 1.42. The third-order valence-electron chi connectivity index (χ3n) is 3.42. The molecule has 0 radical (unpaired) electrons. The van der Waals surface area contributed by atoms with Gasteiger partial charge in [-0.2, -0.15) is 0 Å². The van der Waals surface area contributed by atoms with Crippen LogP contribution in [0.25, 0.3) is 0 Å². The number of benzene rings is 1. The van der Waals surface area contributed by atoms with Crippen molar-refractivity contribution in [2.24, 2.45) is 0 Å². The van der Waals surface area contributed by atoms with Gasteiger partial charge in [-0.3, -0.25) is 0 Å². The van der Waals surface area contributed by atoms with Crippen LogP contribution in [0.4, 0.5) is 0 Å². The molecule has 2 N–H and O–H groups in total. The van der Waals surface area contributed by atoms with Gasteiger partial charge in [0.25, 0.3) is 0 Å². The van der Waals surface area contributed by atoms with Crippen molar-refractivity contribution in [3.05, 3.63) is 29.8 Å². The molecule has 2 rings (SSSR count). The maximum Gasteiger partial charge on any atom is 0.338 e. The van der Waals surface area contributed by atoms with Gasteiger partial charge in [0, 0.05) is 23.2 Å². The maximum absolute atomic E-state index is 11.7. The molecule has 1 saturated heterocycles. The number of hydrogen-bond acceptors (Lipinski definition) is 5. The van der Waals surface area contributed by atoms with Crippen molar-refractivity contribution in [3.63, 3.8) is 0 Å². The van der Waals surface area contributed by atoms with Gasteiger partial charge in [-0.25, -0.2) is 4.79 Å². The highest BCUT2D eigenvalue weighted by molar-refractivity contribution is 7.99. The van der Waals surface area contributed by atoms with E-state index in [4.69, 9.17) is 4.74 Å². The van der Waals surface area contributed by atoms with Crippen molar-refractivity contribution in [2.75, 3.05) is 32.5 Å². The van der Waals surface area contributed by atoms with Crippen molar-refractivity contribution >= 4 is 17.7 Å². The molecule has 110 valence electrons. The molecule has 1 aromatic carbocycles. The zero-order valence-electron chi connectivity index (χ0n) is 11.9. The number of esters is 1. The third-order valence-corrected chi connectivity index (χ3v) is 4.50. The first-order valence-corrected chi connectivity index (χ1v) is 8.04. The van der Waals surface area contributed by atoms with Crippen molar-refractivity contribution in [1.82, 2.24) is 10.6 Å². The van der Waals surface area contributed by atoms with Crippen LogP contribution in [-0.2, 0) is 4.74 Å². The molecule has 0 atom stereocenters. The lowest BCUT2D eigenvalue weighted by Crippen LogP contribution is -2.40. The first kappa shape index (κ1) is 15.4. The molecule has 1 fully saturated rings. The lowest BCUT2D eigenvalue weighted by Gasteiger charge is -2.23. The number of carbonyl (C=O) groups excluding carboxylic acids is 1. The second kappa shape index (κ2) is 8.29. The summed E-state index contributed by atoms with van der Waals surface area (Å²) in [5.41, 5.74) is 0.655. The first-order chi connectivity index (χ1) is 9.81. The van der Waals surface area contributed by atoms with Crippen molar-refractivity contribution in [3.8, 4) is 0 Å². The van der Waals surface area contributed by atoms with E-state index in [1.165, 1.54) is 20.0 Å². The van der Waals surface area contributed by atoms with Gasteiger partial charge >= 0.3 is 5.97 Å². The predicted octanol–water partition coefficient (Wildman–Crippen LogP) is 1.91. The van der Waals surface area contributed by atoms with Gasteiger partial charge in [0.05, 0.1) is 12.7 Å². The van der Waals surface area contributed by atoms with E-state index in [9.17, 15) is 4.79 Å². The molecule has 0 saturated carbocycles. The van der Waals surface area contributed by atoms with Crippen LogP contribution in [0.5, 0.6) is 0 Å². The number of piperidine rings is 1. The predicted molar refractivity (Wildman–Crippen MR) is 82.4 cm³/mol. The molecular formula is C15H22N2O2S. The van der Waals surface area contributed by atoms with E-state index in [1.807, 2.05) is 24.3 Å². The Balaban J connectivity index is 1.77. The quantitative estimate of drug-likeness (QED) is 0.477. The molecule has 0 amide bonds. The average molecular weight is 294 g/mol. The van der Waals surface area contributed by atoms with E-state index in [0.717, 1.165) is 30.3 Å². The van der Waals surface area contributed by atoms with Gasteiger partial charge in [0.15, 0.2) is 0 Å². The van der Waals surface area contributed by atoms with Crippen molar-refractivity contribution in [2.45, 2.75) is 23.8 Å². The Morgan fingerprint density at radius 2 is 2.15 bits per heavy atom. The largest absolute Gasteiger partial charge is 0.465 e. The summed E-state index contributed by atoms with van der Waals surface area (Å²) in [6, 6.07) is 8.24. The fraction of sp³-hybridized carbons (Fsp3) is 0.533. The molecule has 20 heavy (non-hydrogen) atoms. The molecule has 1 aromatic rings. The maximum atomic E-state index is 11.7. The number of carbonyl (C=O) groups is 1. The second-order valence-electron chi connectivity index (χ2n) is 4.81. The summed E-state index contributed by atoms with van der Waals surface area (Å²) in [6.45, 7) is 3.18. The van der Waals surface area contributed by atoms with E-state index in [0.29, 0.717) is 11.6 Å². The van der Waals surface area contributed by atoms with Crippen LogP contribution in [0, 0.1) is 0 Å². The minimum Gasteiger partial charge on any atom is -0.465 e. The molecule has 0 unspecified atom stereocenters. The molecule has 5 heteroatoms. The Labute approximate surface area is 124 Å². The van der Waals surface area contributed by atoms with Gasteiger partial charge in [0.2, 0.25) is 0 Å². The smallest absolute Gasteiger partial charge is 0.338 e. The summed E-state index contributed by atoms with van der Waals surface area (Å²) < 4.78 is 4.80. The third kappa shape index (κ3) is 4.51. The van der Waals surface area contributed by atoms with E-state index in [2.05, 4.69) is 10.6 Å². The number of thioether (sulfide) groups is 1. The van der Waals surface area contributed by atoms with Crippen LogP contribution in [0.15, 0.2) is 29.2 Å². The van der Waals surface area contributed by atoms with Crippen LogP contribution in [0.2, 0.25) is 0 Å². The highest BCUT2D eigenvalue weighted by Gasteiger charge is 2.13. The van der Waals surface area contributed by atoms with Crippen LogP contribution in [-0.4, -0.2) is 44.5 Å². The topological polar surface area (TPSA) is 50.4 Å². The number of rotatable bonds is 6. The number of hydrogen-bond donors (Lipinski definition) is 2. The van der Waals surface area contributed by atoms with E-state index in [1.54, 1.807) is 11.8 Å². The van der Waals surface area contributed by atoms with Gasteiger partial charge in [-0.1, -0.05) is 12.1 Å². The molecule has 1 aliphatic rings. The minimum atomic E-state index is -0.264. The Kier molecular flexibility index (Phi) is 6.36. The first-order valence-electron chi connectivity index (χ1n) is 7.05. The van der Waals surface area contributed by atoms with Crippen LogP contribution < -0.4 is 10.6 Å². The normalized spacial score (nSPS) is 16.1. The van der Waals surface area contributed by atoms with E-state index < -0.39 is 0 Å². The summed E-state index contributed by atoms with van der Waals surface area (Å²) in [5, 5.41) is 6.94. The molecule has 0 aromatic heterocycles. The molecule has 0 spiro atoms. The standard InChI is InChI=1S/C15H22N2O2S/c1-19-15(18)13-4-2-3-5-14(13)20-11-10-17-12-6-8-16-9-7-12/h2-5,12,16-17H,6-11H2,1H3. The summed E-state index contributed by atoms with van der Waals surface area (Å²) in [5.74, 6) is 0.692. The SMILES string of the molecule is COC(=O)c1ccccc1SCCNC1CCNCC1. The molecule has 1 aliphatic heterocycles. The van der Waals surface area contributed by atoms with Crippen LogP contribution in [0.1, 0.15) is 23.2 Å². The van der Waals surface area contributed by atoms with E-state index >= 15 is 0 Å². The van der Waals surface area contributed by atoms with E-state index in [-0.39, 0.29) is 5.97 Å². The van der Waals surface area contributed by atoms with Gasteiger partial charge in [0.1, 0.15) is 0 Å². The van der Waals surface area contributed by atoms with Crippen LogP contribution in [0.3, 0.4) is 0 Å². The van der Waals surface area contributed by atoms with Crippen molar-refractivity contribution < 1.29 is 9.53 Å². The minimum absolute atomic E-state index is 0.264. The fourth-order valence-electron chi connectivity index (χ4n) is 2.32. The number of nitrogens with one attached hydrogen (secondary N) is 2. The average Bonchev–Trinajstić information content (AvgIpc) is 2.52. The number of methoxy groups -OCH3 is 1. The number of ether oxygens (including phenoxy) is 1. The summed E-state index contributed by atoms with van der Waals surface area (Å²) >= 11 is 1.70. The van der Waals surface area contributed by atoms with Gasteiger partial charge in [-0.05, 0) is 38.1 Å². The van der Waals surface area contributed by atoms with Gasteiger partial charge in [-0.15, -0.1) is 11.8 Å². The zero-order valence-corrected chi connectivity index (χ0v) is 12.7. The Bertz CT molecular complexity index is 434. The Morgan fingerprint density at radius 1 is 1.40 bits per heavy atom. The molecule has 0 bridgehead atoms. The lowest BCUT2D eigenvalue weighted by molar-refractivity contribution is 0.0597. The summed E-state index contributed by atoms with van der Waals surface area (Å²) in [4.78, 5) is 12.6. The Morgan fingerprint density at radius 3 is 2.90 bits per heavy atom. The lowest BCUT2D eigenvalue weighted by atomic mass is 10.1. The molecule has 0 aliphatic carbocycles. The fourth-order valence-corrected chi connectivity index (χ4v) is 3.24. The molecular weight excluding hydrogens is 272 g/mol. The van der Waals surface area contributed by atoms with Gasteiger partial charge < -0.3 is 15.4 Å². The molecule has 1 heterocycles. The van der Waals surface area contributed by atoms with Crippen molar-refractivity contribution in [1.29, 1.82) is 0 Å². The highest BCUT2D eigenvalue weighted by atomic mass is 32.2.